The number of carbonyl (C=O) groups is 2. The molecule has 0 saturated heterocycles. The quantitative estimate of drug-likeness (QED) is 0.362. The van der Waals surface area contributed by atoms with Gasteiger partial charge in [0, 0.05) is 25.0 Å². The molecule has 2 aromatic carbocycles. The topological polar surface area (TPSA) is 169 Å². The van der Waals surface area contributed by atoms with Gasteiger partial charge in [-0.25, -0.2) is 10.9 Å². The number of nitro benzene ring substituents is 2. The number of nitro groups is 2. The Bertz CT molecular complexity index is 938. The molecule has 0 fully saturated rings. The number of hydrazone groups is 2. The van der Waals surface area contributed by atoms with Crippen molar-refractivity contribution < 1.29 is 19.4 Å². The summed E-state index contributed by atoms with van der Waals surface area (Å²) in [5, 5.41) is 29.1. The minimum atomic E-state index is -0.581. The van der Waals surface area contributed by atoms with E-state index in [9.17, 15) is 29.8 Å². The summed E-state index contributed by atoms with van der Waals surface area (Å²) in [6.45, 7) is 0. The highest BCUT2D eigenvalue weighted by molar-refractivity contribution is 5.89. The molecule has 0 bridgehead atoms. The molecule has 0 radical (unpaired) electrons. The number of benzene rings is 2. The molecular formula is C18H16N6O6. The van der Waals surface area contributed by atoms with Crippen LogP contribution in [0.15, 0.2) is 58.7 Å². The van der Waals surface area contributed by atoms with Crippen molar-refractivity contribution in [2.45, 2.75) is 12.8 Å². The summed E-state index contributed by atoms with van der Waals surface area (Å²) in [7, 11) is 0. The molecule has 0 heterocycles. The summed E-state index contributed by atoms with van der Waals surface area (Å²) < 4.78 is 0. The smallest absolute Gasteiger partial charge is 0.273 e. The lowest BCUT2D eigenvalue weighted by Crippen LogP contribution is -2.22. The molecule has 2 aromatic rings. The normalized spacial score (nSPS) is 10.8. The van der Waals surface area contributed by atoms with Crippen LogP contribution in [0.3, 0.4) is 0 Å². The van der Waals surface area contributed by atoms with Gasteiger partial charge in [0.2, 0.25) is 11.8 Å². The van der Waals surface area contributed by atoms with E-state index >= 15 is 0 Å². The summed E-state index contributed by atoms with van der Waals surface area (Å²) >= 11 is 0. The van der Waals surface area contributed by atoms with Crippen LogP contribution in [0.4, 0.5) is 11.4 Å². The maximum absolute atomic E-state index is 11.7. The first-order valence-corrected chi connectivity index (χ1v) is 8.49. The van der Waals surface area contributed by atoms with Gasteiger partial charge in [0.15, 0.2) is 0 Å². The first-order valence-electron chi connectivity index (χ1n) is 8.49. The van der Waals surface area contributed by atoms with E-state index in [4.69, 9.17) is 0 Å². The van der Waals surface area contributed by atoms with Crippen LogP contribution < -0.4 is 10.9 Å². The van der Waals surface area contributed by atoms with E-state index in [0.29, 0.717) is 0 Å². The standard InChI is InChI=1S/C18H16N6O6/c25-17(21-19-11-13-5-1-3-7-15(13)23(27)28)9-10-18(26)22-20-12-14-6-2-4-8-16(14)24(29)30/h1-8,11-12H,9-10H2,(H,21,25)(H,22,26)/b19-11+,20-12+. The molecule has 0 atom stereocenters. The fourth-order valence-corrected chi connectivity index (χ4v) is 2.21. The SMILES string of the molecule is O=C(CCC(=O)N/N=C/c1ccccc1[N+](=O)[O-])N/N=C/c1ccccc1[N+](=O)[O-]. The van der Waals surface area contributed by atoms with E-state index in [1.807, 2.05) is 0 Å². The Morgan fingerprint density at radius 3 is 1.50 bits per heavy atom. The number of nitrogens with zero attached hydrogens (tertiary/aromatic N) is 4. The molecule has 0 unspecified atom stereocenters. The third-order valence-electron chi connectivity index (χ3n) is 3.63. The minimum absolute atomic E-state index is 0.161. The Hall–Kier alpha value is -4.48. The van der Waals surface area contributed by atoms with Gasteiger partial charge in [-0.2, -0.15) is 10.2 Å². The van der Waals surface area contributed by atoms with Crippen LogP contribution in [0, 0.1) is 20.2 Å². The molecule has 0 aliphatic carbocycles. The Morgan fingerprint density at radius 2 is 1.13 bits per heavy atom. The molecule has 0 aliphatic rings. The van der Waals surface area contributed by atoms with Crippen LogP contribution in [0.1, 0.15) is 24.0 Å². The third kappa shape index (κ3) is 6.60. The van der Waals surface area contributed by atoms with Crippen LogP contribution in [0.2, 0.25) is 0 Å². The van der Waals surface area contributed by atoms with E-state index in [-0.39, 0.29) is 35.3 Å². The van der Waals surface area contributed by atoms with Gasteiger partial charge in [0.1, 0.15) is 0 Å². The number of hydrogen-bond acceptors (Lipinski definition) is 8. The molecule has 12 heteroatoms. The highest BCUT2D eigenvalue weighted by Crippen LogP contribution is 2.15. The highest BCUT2D eigenvalue weighted by atomic mass is 16.6. The molecule has 154 valence electrons. The number of hydrogen-bond donors (Lipinski definition) is 2. The molecule has 2 amide bonds. The summed E-state index contributed by atoms with van der Waals surface area (Å²) in [5.74, 6) is -1.16. The van der Waals surface area contributed by atoms with E-state index in [0.717, 1.165) is 12.4 Å². The number of nitrogens with one attached hydrogen (secondary N) is 2. The fourth-order valence-electron chi connectivity index (χ4n) is 2.21. The van der Waals surface area contributed by atoms with Crippen LogP contribution in [-0.2, 0) is 9.59 Å². The van der Waals surface area contributed by atoms with Gasteiger partial charge < -0.3 is 0 Å². The van der Waals surface area contributed by atoms with Crippen molar-refractivity contribution in [2.75, 3.05) is 0 Å². The number of rotatable bonds is 9. The Balaban J connectivity index is 1.79. The van der Waals surface area contributed by atoms with E-state index in [1.165, 1.54) is 36.4 Å². The van der Waals surface area contributed by atoms with Gasteiger partial charge in [-0.05, 0) is 12.1 Å². The van der Waals surface area contributed by atoms with Crippen molar-refractivity contribution in [1.82, 2.24) is 10.9 Å². The molecule has 0 saturated carbocycles. The van der Waals surface area contributed by atoms with Crippen molar-refractivity contribution in [1.29, 1.82) is 0 Å². The second-order valence-corrected chi connectivity index (χ2v) is 5.72. The predicted octanol–water partition coefficient (Wildman–Crippen LogP) is 1.88. The zero-order valence-corrected chi connectivity index (χ0v) is 15.4. The molecular weight excluding hydrogens is 396 g/mol. The summed E-state index contributed by atoms with van der Waals surface area (Å²) in [5.41, 5.74) is 4.44. The molecule has 0 aliphatic heterocycles. The Morgan fingerprint density at radius 1 is 0.767 bits per heavy atom. The molecule has 2 rings (SSSR count). The first kappa shape index (κ1) is 21.8. The monoisotopic (exact) mass is 412 g/mol. The number of amides is 2. The lowest BCUT2D eigenvalue weighted by atomic mass is 10.2. The van der Waals surface area contributed by atoms with Gasteiger partial charge in [-0.15, -0.1) is 0 Å². The zero-order chi connectivity index (χ0) is 21.9. The van der Waals surface area contributed by atoms with E-state index in [2.05, 4.69) is 21.1 Å². The zero-order valence-electron chi connectivity index (χ0n) is 15.4. The summed E-state index contributed by atoms with van der Waals surface area (Å²) in [4.78, 5) is 44.1. The summed E-state index contributed by atoms with van der Waals surface area (Å²) in [6, 6.07) is 11.7. The van der Waals surface area contributed by atoms with E-state index in [1.54, 1.807) is 12.1 Å². The van der Waals surface area contributed by atoms with Crippen molar-refractivity contribution in [3.63, 3.8) is 0 Å². The molecule has 0 spiro atoms. The van der Waals surface area contributed by atoms with E-state index < -0.39 is 21.7 Å². The van der Waals surface area contributed by atoms with Crippen LogP contribution >= 0.6 is 0 Å². The minimum Gasteiger partial charge on any atom is -0.273 e. The maximum atomic E-state index is 11.7. The molecule has 30 heavy (non-hydrogen) atoms. The predicted molar refractivity (Wildman–Crippen MR) is 107 cm³/mol. The Kier molecular flexibility index (Phi) is 7.82. The van der Waals surface area contributed by atoms with Gasteiger partial charge in [0.25, 0.3) is 11.4 Å². The van der Waals surface area contributed by atoms with Crippen molar-refractivity contribution >= 4 is 35.6 Å². The summed E-state index contributed by atoms with van der Waals surface area (Å²) in [6.07, 6.45) is 1.85. The second kappa shape index (κ2) is 10.8. The second-order valence-electron chi connectivity index (χ2n) is 5.72. The highest BCUT2D eigenvalue weighted by Gasteiger charge is 2.11. The van der Waals surface area contributed by atoms with Crippen LogP contribution in [0.5, 0.6) is 0 Å². The lowest BCUT2D eigenvalue weighted by molar-refractivity contribution is -0.385. The third-order valence-corrected chi connectivity index (χ3v) is 3.63. The van der Waals surface area contributed by atoms with Crippen molar-refractivity contribution in [3.8, 4) is 0 Å². The molecule has 0 aromatic heterocycles. The first-order chi connectivity index (χ1) is 14.4. The van der Waals surface area contributed by atoms with Gasteiger partial charge in [0.05, 0.1) is 33.4 Å². The van der Waals surface area contributed by atoms with Gasteiger partial charge in [-0.1, -0.05) is 24.3 Å². The Labute approximate surface area is 169 Å². The molecule has 12 nitrogen and oxygen atoms in total. The number of para-hydroxylation sites is 2. The lowest BCUT2D eigenvalue weighted by Gasteiger charge is -2.01. The van der Waals surface area contributed by atoms with Crippen molar-refractivity contribution in [2.24, 2.45) is 10.2 Å². The van der Waals surface area contributed by atoms with Crippen molar-refractivity contribution in [3.05, 3.63) is 79.9 Å². The average Bonchev–Trinajstić information content (AvgIpc) is 2.72. The fraction of sp³-hybridized carbons (Fsp3) is 0.111. The van der Waals surface area contributed by atoms with Gasteiger partial charge in [-0.3, -0.25) is 29.8 Å². The van der Waals surface area contributed by atoms with Crippen LogP contribution in [0.25, 0.3) is 0 Å². The largest absolute Gasteiger partial charge is 0.278 e. The van der Waals surface area contributed by atoms with Gasteiger partial charge >= 0.3 is 0 Å². The molecule has 2 N–H and O–H groups in total. The van der Waals surface area contributed by atoms with Crippen LogP contribution in [-0.4, -0.2) is 34.1 Å². The number of carbonyl (C=O) groups excluding carboxylic acids is 2. The maximum Gasteiger partial charge on any atom is 0.278 e. The average molecular weight is 412 g/mol.